The number of hydrogen-bond acceptors (Lipinski definition) is 3. The molecule has 2 N–H and O–H groups in total. The van der Waals surface area contributed by atoms with E-state index in [1.165, 1.54) is 0 Å². The predicted molar refractivity (Wildman–Crippen MR) is 82.8 cm³/mol. The van der Waals surface area contributed by atoms with Gasteiger partial charge in [-0.05, 0) is 37.3 Å². The van der Waals surface area contributed by atoms with Crippen molar-refractivity contribution in [3.63, 3.8) is 0 Å². The highest BCUT2D eigenvalue weighted by molar-refractivity contribution is 6.42. The number of nitrogens with one attached hydrogen (secondary N) is 2. The average Bonchev–Trinajstić information content (AvgIpc) is 2.43. The van der Waals surface area contributed by atoms with Gasteiger partial charge in [-0.3, -0.25) is 4.79 Å². The van der Waals surface area contributed by atoms with E-state index in [0.717, 1.165) is 6.54 Å². The number of carbonyl (C=O) groups excluding carboxylic acids is 1. The van der Waals surface area contributed by atoms with Gasteiger partial charge >= 0.3 is 0 Å². The van der Waals surface area contributed by atoms with Crippen LogP contribution in [0.2, 0.25) is 10.0 Å². The maximum absolute atomic E-state index is 12.1. The first-order valence-electron chi connectivity index (χ1n) is 6.07. The number of rotatable bonds is 4. The Morgan fingerprint density at radius 1 is 1.20 bits per heavy atom. The number of pyridine rings is 1. The van der Waals surface area contributed by atoms with Crippen molar-refractivity contribution in [3.05, 3.63) is 52.1 Å². The largest absolute Gasteiger partial charge is 0.370 e. The highest BCUT2D eigenvalue weighted by Gasteiger charge is 2.09. The zero-order valence-corrected chi connectivity index (χ0v) is 12.3. The summed E-state index contributed by atoms with van der Waals surface area (Å²) >= 11 is 11.7. The molecule has 0 aliphatic rings. The minimum absolute atomic E-state index is 0.303. The summed E-state index contributed by atoms with van der Waals surface area (Å²) in [5, 5.41) is 6.61. The van der Waals surface area contributed by atoms with Crippen LogP contribution in [0.4, 0.5) is 11.5 Å². The Kier molecular flexibility index (Phi) is 4.82. The second-order valence-electron chi connectivity index (χ2n) is 4.02. The molecule has 1 heterocycles. The van der Waals surface area contributed by atoms with Crippen LogP contribution in [0.25, 0.3) is 0 Å². The van der Waals surface area contributed by atoms with Gasteiger partial charge in [0.25, 0.3) is 5.91 Å². The molecule has 2 aromatic rings. The van der Waals surface area contributed by atoms with Crippen LogP contribution >= 0.6 is 23.2 Å². The molecule has 0 saturated carbocycles. The highest BCUT2D eigenvalue weighted by atomic mass is 35.5. The number of aromatic nitrogens is 1. The number of anilines is 2. The lowest BCUT2D eigenvalue weighted by molar-refractivity contribution is 0.102. The van der Waals surface area contributed by atoms with Gasteiger partial charge in [0.1, 0.15) is 11.5 Å². The van der Waals surface area contributed by atoms with Crippen LogP contribution in [0.3, 0.4) is 0 Å². The number of amides is 1. The second-order valence-corrected chi connectivity index (χ2v) is 4.84. The van der Waals surface area contributed by atoms with Crippen molar-refractivity contribution in [1.29, 1.82) is 0 Å². The summed E-state index contributed by atoms with van der Waals surface area (Å²) in [5.41, 5.74) is 0.898. The highest BCUT2D eigenvalue weighted by Crippen LogP contribution is 2.25. The van der Waals surface area contributed by atoms with Crippen LogP contribution in [0.5, 0.6) is 0 Å². The van der Waals surface area contributed by atoms with E-state index in [4.69, 9.17) is 23.2 Å². The van der Waals surface area contributed by atoms with Gasteiger partial charge in [-0.2, -0.15) is 0 Å². The van der Waals surface area contributed by atoms with Gasteiger partial charge in [-0.25, -0.2) is 4.98 Å². The van der Waals surface area contributed by atoms with Gasteiger partial charge in [0.15, 0.2) is 0 Å². The molecular formula is C14H13Cl2N3O. The van der Waals surface area contributed by atoms with Crippen molar-refractivity contribution < 1.29 is 4.79 Å². The number of hydrogen-bond donors (Lipinski definition) is 2. The summed E-state index contributed by atoms with van der Waals surface area (Å²) < 4.78 is 0. The maximum atomic E-state index is 12.1. The standard InChI is InChI=1S/C14H13Cl2N3O/c1-2-17-13-5-3-4-12(19-13)14(20)18-9-6-7-10(15)11(16)8-9/h3-8H,2H2,1H3,(H,17,19)(H,18,20). The molecule has 104 valence electrons. The molecule has 2 rings (SSSR count). The van der Waals surface area contributed by atoms with Gasteiger partial charge < -0.3 is 10.6 Å². The summed E-state index contributed by atoms with van der Waals surface area (Å²) in [6.07, 6.45) is 0. The topological polar surface area (TPSA) is 54.0 Å². The van der Waals surface area contributed by atoms with E-state index in [2.05, 4.69) is 15.6 Å². The fourth-order valence-corrected chi connectivity index (χ4v) is 1.91. The van der Waals surface area contributed by atoms with E-state index in [9.17, 15) is 4.79 Å². The fraction of sp³-hybridized carbons (Fsp3) is 0.143. The van der Waals surface area contributed by atoms with E-state index < -0.39 is 0 Å². The van der Waals surface area contributed by atoms with Gasteiger partial charge in [0.05, 0.1) is 10.0 Å². The van der Waals surface area contributed by atoms with Crippen molar-refractivity contribution in [1.82, 2.24) is 4.98 Å². The predicted octanol–water partition coefficient (Wildman–Crippen LogP) is 4.07. The molecule has 6 heteroatoms. The van der Waals surface area contributed by atoms with Crippen molar-refractivity contribution in [2.75, 3.05) is 17.2 Å². The number of nitrogens with zero attached hydrogens (tertiary/aromatic N) is 1. The fourth-order valence-electron chi connectivity index (χ4n) is 1.61. The first-order valence-corrected chi connectivity index (χ1v) is 6.83. The van der Waals surface area contributed by atoms with E-state index >= 15 is 0 Å². The molecule has 0 aliphatic carbocycles. The molecular weight excluding hydrogens is 297 g/mol. The molecule has 1 aromatic heterocycles. The van der Waals surface area contributed by atoms with Crippen LogP contribution in [0, 0.1) is 0 Å². The van der Waals surface area contributed by atoms with Crippen LogP contribution in [0.15, 0.2) is 36.4 Å². The molecule has 0 aliphatic heterocycles. The van der Waals surface area contributed by atoms with Gasteiger partial charge in [-0.15, -0.1) is 0 Å². The molecule has 0 radical (unpaired) electrons. The summed E-state index contributed by atoms with van der Waals surface area (Å²) in [7, 11) is 0. The number of halogens is 2. The summed E-state index contributed by atoms with van der Waals surface area (Å²) in [4.78, 5) is 16.3. The molecule has 0 saturated heterocycles. The Balaban J connectivity index is 2.15. The first kappa shape index (κ1) is 14.6. The quantitative estimate of drug-likeness (QED) is 0.895. The number of benzene rings is 1. The van der Waals surface area contributed by atoms with Crippen LogP contribution in [0.1, 0.15) is 17.4 Å². The van der Waals surface area contributed by atoms with Crippen molar-refractivity contribution >= 4 is 40.6 Å². The summed E-state index contributed by atoms with van der Waals surface area (Å²) in [6.45, 7) is 2.70. The maximum Gasteiger partial charge on any atom is 0.274 e. The van der Waals surface area contributed by atoms with Gasteiger partial charge in [-0.1, -0.05) is 29.3 Å². The van der Waals surface area contributed by atoms with Gasteiger partial charge in [0.2, 0.25) is 0 Å². The van der Waals surface area contributed by atoms with Crippen LogP contribution in [-0.2, 0) is 0 Å². The van der Waals surface area contributed by atoms with Crippen molar-refractivity contribution in [3.8, 4) is 0 Å². The lowest BCUT2D eigenvalue weighted by Crippen LogP contribution is -2.14. The molecule has 1 amide bonds. The Bertz CT molecular complexity index is 632. The Hall–Kier alpha value is -1.78. The van der Waals surface area contributed by atoms with E-state index in [1.807, 2.05) is 6.92 Å². The third-order valence-electron chi connectivity index (χ3n) is 2.52. The molecule has 0 atom stereocenters. The third kappa shape index (κ3) is 3.62. The Labute approximate surface area is 127 Å². The average molecular weight is 310 g/mol. The number of carbonyl (C=O) groups is 1. The molecule has 4 nitrogen and oxygen atoms in total. The molecule has 0 bridgehead atoms. The van der Waals surface area contributed by atoms with E-state index in [0.29, 0.717) is 27.2 Å². The van der Waals surface area contributed by atoms with Crippen LogP contribution in [-0.4, -0.2) is 17.4 Å². The molecule has 20 heavy (non-hydrogen) atoms. The molecule has 0 fully saturated rings. The van der Waals surface area contributed by atoms with E-state index in [1.54, 1.807) is 36.4 Å². The summed E-state index contributed by atoms with van der Waals surface area (Å²) in [6, 6.07) is 10.1. The summed E-state index contributed by atoms with van der Waals surface area (Å²) in [5.74, 6) is 0.359. The molecule has 0 spiro atoms. The molecule has 0 unspecified atom stereocenters. The SMILES string of the molecule is CCNc1cccc(C(=O)Nc2ccc(Cl)c(Cl)c2)n1. The smallest absolute Gasteiger partial charge is 0.274 e. The lowest BCUT2D eigenvalue weighted by Gasteiger charge is -2.07. The minimum Gasteiger partial charge on any atom is -0.370 e. The Morgan fingerprint density at radius 3 is 2.70 bits per heavy atom. The minimum atomic E-state index is -0.303. The zero-order valence-electron chi connectivity index (χ0n) is 10.8. The van der Waals surface area contributed by atoms with Crippen molar-refractivity contribution in [2.24, 2.45) is 0 Å². The first-order chi connectivity index (χ1) is 9.60. The van der Waals surface area contributed by atoms with Crippen molar-refractivity contribution in [2.45, 2.75) is 6.92 Å². The van der Waals surface area contributed by atoms with Gasteiger partial charge in [0, 0.05) is 12.2 Å². The molecule has 1 aromatic carbocycles. The second kappa shape index (κ2) is 6.59. The van der Waals surface area contributed by atoms with Crippen LogP contribution < -0.4 is 10.6 Å². The zero-order chi connectivity index (χ0) is 14.5. The third-order valence-corrected chi connectivity index (χ3v) is 3.26. The Morgan fingerprint density at radius 2 is 2.00 bits per heavy atom. The monoisotopic (exact) mass is 309 g/mol. The normalized spacial score (nSPS) is 10.2. The van der Waals surface area contributed by atoms with E-state index in [-0.39, 0.29) is 5.91 Å². The lowest BCUT2D eigenvalue weighted by atomic mass is 10.3.